The van der Waals surface area contributed by atoms with Crippen LogP contribution in [0.15, 0.2) is 24.3 Å². The van der Waals surface area contributed by atoms with Crippen LogP contribution in [0, 0.1) is 11.3 Å². The topological polar surface area (TPSA) is 23.8 Å². The molecule has 0 N–H and O–H groups in total. The summed E-state index contributed by atoms with van der Waals surface area (Å²) >= 11 is 0. The highest BCUT2D eigenvalue weighted by molar-refractivity contribution is 5.27. The van der Waals surface area contributed by atoms with Crippen LogP contribution in [0.25, 0.3) is 0 Å². The molecule has 1 aliphatic carbocycles. The number of nitriles is 1. The van der Waals surface area contributed by atoms with Crippen LogP contribution in [0.2, 0.25) is 0 Å². The molecule has 0 saturated heterocycles. The highest BCUT2D eigenvalue weighted by Gasteiger charge is 2.16. The fraction of sp³-hybridized carbons (Fsp3) is 0.462. The summed E-state index contributed by atoms with van der Waals surface area (Å²) < 4.78 is 0. The Morgan fingerprint density at radius 3 is 2.36 bits per heavy atom. The Morgan fingerprint density at radius 1 is 1.14 bits per heavy atom. The van der Waals surface area contributed by atoms with Crippen molar-refractivity contribution < 1.29 is 0 Å². The summed E-state index contributed by atoms with van der Waals surface area (Å²) in [7, 11) is 0. The summed E-state index contributed by atoms with van der Waals surface area (Å²) in [5.74, 6) is 0.783. The van der Waals surface area contributed by atoms with Gasteiger partial charge in [-0.3, -0.25) is 0 Å². The molecule has 1 aromatic carbocycles. The van der Waals surface area contributed by atoms with Crippen LogP contribution in [-0.4, -0.2) is 0 Å². The molecule has 1 heteroatoms. The summed E-state index contributed by atoms with van der Waals surface area (Å²) in [5.41, 5.74) is 2.60. The number of nitrogens with zero attached hydrogens (tertiary/aromatic N) is 1. The van der Waals surface area contributed by atoms with Crippen LogP contribution in [0.1, 0.15) is 42.7 Å². The molecule has 0 spiro atoms. The monoisotopic (exact) mass is 185 g/mol. The van der Waals surface area contributed by atoms with Crippen LogP contribution in [0.5, 0.6) is 0 Å². The van der Waals surface area contributed by atoms with Gasteiger partial charge < -0.3 is 0 Å². The Hall–Kier alpha value is -1.29. The van der Waals surface area contributed by atoms with Gasteiger partial charge in [0.05, 0.1) is 12.5 Å². The van der Waals surface area contributed by atoms with Crippen molar-refractivity contribution >= 4 is 0 Å². The van der Waals surface area contributed by atoms with Crippen molar-refractivity contribution in [1.29, 1.82) is 5.26 Å². The predicted molar refractivity (Wildman–Crippen MR) is 57.0 cm³/mol. The molecule has 72 valence electrons. The zero-order valence-electron chi connectivity index (χ0n) is 8.37. The fourth-order valence-electron chi connectivity index (χ4n) is 2.26. The van der Waals surface area contributed by atoms with E-state index in [0.717, 1.165) is 11.5 Å². The maximum absolute atomic E-state index is 8.55. The zero-order chi connectivity index (χ0) is 9.80. The second kappa shape index (κ2) is 4.28. The van der Waals surface area contributed by atoms with Crippen molar-refractivity contribution in [3.8, 4) is 6.07 Å². The molecule has 0 atom stereocenters. The molecule has 0 aromatic heterocycles. The van der Waals surface area contributed by atoms with Crippen molar-refractivity contribution in [1.82, 2.24) is 0 Å². The van der Waals surface area contributed by atoms with Crippen LogP contribution in [0.4, 0.5) is 0 Å². The van der Waals surface area contributed by atoms with E-state index in [9.17, 15) is 0 Å². The minimum atomic E-state index is 0.533. The van der Waals surface area contributed by atoms with Crippen molar-refractivity contribution in [2.45, 2.75) is 38.0 Å². The van der Waals surface area contributed by atoms with Crippen molar-refractivity contribution in [2.75, 3.05) is 0 Å². The Labute approximate surface area is 85.4 Å². The lowest BCUT2D eigenvalue weighted by Crippen LogP contribution is -1.92. The highest BCUT2D eigenvalue weighted by Crippen LogP contribution is 2.33. The fourth-order valence-corrected chi connectivity index (χ4v) is 2.26. The standard InChI is InChI=1S/C13H15N/c14-10-9-11-5-7-13(8-6-11)12-3-1-2-4-12/h5-8,12H,1-4,9H2. The van der Waals surface area contributed by atoms with Crippen LogP contribution < -0.4 is 0 Å². The number of benzene rings is 1. The van der Waals surface area contributed by atoms with E-state index in [-0.39, 0.29) is 0 Å². The Morgan fingerprint density at radius 2 is 1.79 bits per heavy atom. The smallest absolute Gasteiger partial charge is 0.0669 e. The highest BCUT2D eigenvalue weighted by atomic mass is 14.2. The average molecular weight is 185 g/mol. The lowest BCUT2D eigenvalue weighted by atomic mass is 9.96. The van der Waals surface area contributed by atoms with Gasteiger partial charge in [-0.15, -0.1) is 0 Å². The quantitative estimate of drug-likeness (QED) is 0.692. The zero-order valence-corrected chi connectivity index (χ0v) is 8.37. The third kappa shape index (κ3) is 1.96. The summed E-state index contributed by atoms with van der Waals surface area (Å²) in [6.07, 6.45) is 5.98. The molecule has 0 bridgehead atoms. The van der Waals surface area contributed by atoms with E-state index >= 15 is 0 Å². The average Bonchev–Trinajstić information content (AvgIpc) is 2.72. The molecule has 0 unspecified atom stereocenters. The molecule has 0 aliphatic heterocycles. The lowest BCUT2D eigenvalue weighted by Gasteiger charge is -2.09. The van der Waals surface area contributed by atoms with E-state index in [1.54, 1.807) is 0 Å². The number of hydrogen-bond donors (Lipinski definition) is 0. The van der Waals surface area contributed by atoms with Crippen molar-refractivity contribution in [3.63, 3.8) is 0 Å². The first-order valence-corrected chi connectivity index (χ1v) is 5.36. The summed E-state index contributed by atoms with van der Waals surface area (Å²) in [4.78, 5) is 0. The molecule has 1 fully saturated rings. The summed E-state index contributed by atoms with van der Waals surface area (Å²) in [5, 5.41) is 8.55. The first-order chi connectivity index (χ1) is 6.90. The van der Waals surface area contributed by atoms with Gasteiger partial charge in [0.15, 0.2) is 0 Å². The van der Waals surface area contributed by atoms with E-state index in [0.29, 0.717) is 6.42 Å². The number of rotatable bonds is 2. The largest absolute Gasteiger partial charge is 0.198 e. The molecular formula is C13H15N. The van der Waals surface area contributed by atoms with Gasteiger partial charge in [-0.05, 0) is 29.9 Å². The Balaban J connectivity index is 2.09. The van der Waals surface area contributed by atoms with Gasteiger partial charge in [-0.25, -0.2) is 0 Å². The van der Waals surface area contributed by atoms with Crippen LogP contribution in [-0.2, 0) is 6.42 Å². The van der Waals surface area contributed by atoms with Gasteiger partial charge in [0, 0.05) is 0 Å². The first kappa shape index (κ1) is 9.27. The maximum atomic E-state index is 8.55. The Kier molecular flexibility index (Phi) is 2.84. The second-order valence-corrected chi connectivity index (χ2v) is 4.06. The van der Waals surface area contributed by atoms with Gasteiger partial charge >= 0.3 is 0 Å². The van der Waals surface area contributed by atoms with Crippen molar-refractivity contribution in [3.05, 3.63) is 35.4 Å². The minimum Gasteiger partial charge on any atom is -0.198 e. The van der Waals surface area contributed by atoms with Gasteiger partial charge in [0.25, 0.3) is 0 Å². The van der Waals surface area contributed by atoms with Gasteiger partial charge in [-0.1, -0.05) is 37.1 Å². The van der Waals surface area contributed by atoms with E-state index < -0.39 is 0 Å². The van der Waals surface area contributed by atoms with Crippen molar-refractivity contribution in [2.24, 2.45) is 0 Å². The summed E-state index contributed by atoms with van der Waals surface area (Å²) in [6, 6.07) is 10.8. The molecule has 1 nitrogen and oxygen atoms in total. The SMILES string of the molecule is N#CCc1ccc(C2CCCC2)cc1. The normalized spacial score (nSPS) is 16.8. The van der Waals surface area contributed by atoms with Gasteiger partial charge in [0.2, 0.25) is 0 Å². The van der Waals surface area contributed by atoms with E-state index in [2.05, 4.69) is 30.3 Å². The van der Waals surface area contributed by atoms with Crippen LogP contribution in [0.3, 0.4) is 0 Å². The molecule has 1 saturated carbocycles. The second-order valence-electron chi connectivity index (χ2n) is 4.06. The van der Waals surface area contributed by atoms with Gasteiger partial charge in [0.1, 0.15) is 0 Å². The maximum Gasteiger partial charge on any atom is 0.0669 e. The van der Waals surface area contributed by atoms with Crippen LogP contribution >= 0.6 is 0 Å². The first-order valence-electron chi connectivity index (χ1n) is 5.36. The number of hydrogen-bond acceptors (Lipinski definition) is 1. The molecular weight excluding hydrogens is 170 g/mol. The molecule has 2 rings (SSSR count). The minimum absolute atomic E-state index is 0.533. The van der Waals surface area contributed by atoms with E-state index in [1.165, 1.54) is 31.2 Å². The third-order valence-corrected chi connectivity index (χ3v) is 3.09. The Bertz CT molecular complexity index is 325. The summed E-state index contributed by atoms with van der Waals surface area (Å²) in [6.45, 7) is 0. The molecule has 14 heavy (non-hydrogen) atoms. The van der Waals surface area contributed by atoms with Gasteiger partial charge in [-0.2, -0.15) is 5.26 Å². The lowest BCUT2D eigenvalue weighted by molar-refractivity contribution is 0.723. The molecule has 0 radical (unpaired) electrons. The third-order valence-electron chi connectivity index (χ3n) is 3.09. The molecule has 1 aliphatic rings. The van der Waals surface area contributed by atoms with E-state index in [1.807, 2.05) is 0 Å². The molecule has 1 aromatic rings. The predicted octanol–water partition coefficient (Wildman–Crippen LogP) is 3.41. The molecule has 0 heterocycles. The molecule has 0 amide bonds. The van der Waals surface area contributed by atoms with E-state index in [4.69, 9.17) is 5.26 Å².